The van der Waals surface area contributed by atoms with E-state index in [4.69, 9.17) is 4.42 Å². The van der Waals surface area contributed by atoms with Gasteiger partial charge >= 0.3 is 0 Å². The summed E-state index contributed by atoms with van der Waals surface area (Å²) < 4.78 is 5.41. The first-order valence-corrected chi connectivity index (χ1v) is 6.54. The number of hydrogen-bond donors (Lipinski definition) is 1. The first kappa shape index (κ1) is 12.7. The van der Waals surface area contributed by atoms with Crippen LogP contribution >= 0.6 is 0 Å². The first-order chi connectivity index (χ1) is 8.09. The Bertz CT molecular complexity index is 326. The van der Waals surface area contributed by atoms with E-state index in [-0.39, 0.29) is 0 Å². The van der Waals surface area contributed by atoms with Crippen molar-refractivity contribution in [3.63, 3.8) is 0 Å². The maximum atomic E-state index is 5.41. The van der Waals surface area contributed by atoms with Gasteiger partial charge in [0, 0.05) is 6.54 Å². The summed E-state index contributed by atoms with van der Waals surface area (Å²) in [5.74, 6) is 1.03. The largest absolute Gasteiger partial charge is 0.468 e. The number of likely N-dealkylation sites (tertiary alicyclic amines) is 1. The Morgan fingerprint density at radius 1 is 1.47 bits per heavy atom. The van der Waals surface area contributed by atoms with E-state index in [9.17, 15) is 0 Å². The normalized spacial score (nSPS) is 22.5. The van der Waals surface area contributed by atoms with Crippen LogP contribution in [0.25, 0.3) is 0 Å². The van der Waals surface area contributed by atoms with Gasteiger partial charge in [-0.15, -0.1) is 0 Å². The molecule has 1 atom stereocenters. The molecule has 1 aliphatic rings. The summed E-state index contributed by atoms with van der Waals surface area (Å²) in [6.45, 7) is 8.06. The van der Waals surface area contributed by atoms with Crippen LogP contribution in [0, 0.1) is 5.41 Å². The van der Waals surface area contributed by atoms with Crippen molar-refractivity contribution < 1.29 is 4.42 Å². The van der Waals surface area contributed by atoms with Crippen LogP contribution in [0.4, 0.5) is 0 Å². The third-order valence-corrected chi connectivity index (χ3v) is 4.00. The van der Waals surface area contributed by atoms with Gasteiger partial charge in [-0.25, -0.2) is 0 Å². The Morgan fingerprint density at radius 3 is 2.76 bits per heavy atom. The number of nitrogens with one attached hydrogen (secondary N) is 1. The molecule has 1 saturated heterocycles. The molecule has 0 amide bonds. The van der Waals surface area contributed by atoms with E-state index in [1.807, 2.05) is 12.1 Å². The molecule has 1 aromatic heterocycles. The van der Waals surface area contributed by atoms with Crippen molar-refractivity contribution in [1.82, 2.24) is 10.2 Å². The summed E-state index contributed by atoms with van der Waals surface area (Å²) >= 11 is 0. The van der Waals surface area contributed by atoms with Crippen LogP contribution < -0.4 is 5.32 Å². The van der Waals surface area contributed by atoms with Crippen molar-refractivity contribution >= 4 is 0 Å². The van der Waals surface area contributed by atoms with Gasteiger partial charge in [0.1, 0.15) is 5.76 Å². The second kappa shape index (κ2) is 5.23. The van der Waals surface area contributed by atoms with E-state index in [1.165, 1.54) is 25.9 Å². The lowest BCUT2D eigenvalue weighted by molar-refractivity contribution is 0.133. The Labute approximate surface area is 104 Å². The molecule has 17 heavy (non-hydrogen) atoms. The molecule has 1 aromatic rings. The van der Waals surface area contributed by atoms with Crippen LogP contribution in [-0.4, -0.2) is 31.6 Å². The van der Waals surface area contributed by atoms with Crippen molar-refractivity contribution in [2.75, 3.05) is 26.7 Å². The molecular weight excluding hydrogens is 212 g/mol. The average molecular weight is 236 g/mol. The fourth-order valence-electron chi connectivity index (χ4n) is 2.37. The minimum absolute atomic E-state index is 0.307. The molecule has 0 saturated carbocycles. The smallest absolute Gasteiger partial charge is 0.120 e. The third kappa shape index (κ3) is 3.33. The van der Waals surface area contributed by atoms with Gasteiger partial charge in [-0.05, 0) is 57.5 Å². The Morgan fingerprint density at radius 2 is 2.18 bits per heavy atom. The molecule has 0 aromatic carbocycles. The van der Waals surface area contributed by atoms with Crippen molar-refractivity contribution in [3.05, 3.63) is 24.2 Å². The lowest BCUT2D eigenvalue weighted by Gasteiger charge is -2.38. The Kier molecular flexibility index (Phi) is 3.89. The third-order valence-electron chi connectivity index (χ3n) is 4.00. The van der Waals surface area contributed by atoms with Crippen molar-refractivity contribution in [2.45, 2.75) is 32.7 Å². The highest BCUT2D eigenvalue weighted by atomic mass is 16.3. The average Bonchev–Trinajstić information content (AvgIpc) is 2.84. The minimum atomic E-state index is 0.307. The van der Waals surface area contributed by atoms with Gasteiger partial charge in [0.15, 0.2) is 0 Å². The van der Waals surface area contributed by atoms with E-state index in [2.05, 4.69) is 31.1 Å². The summed E-state index contributed by atoms with van der Waals surface area (Å²) in [6.07, 6.45) is 4.30. The maximum absolute atomic E-state index is 5.41. The molecular formula is C14H24N2O. The minimum Gasteiger partial charge on any atom is -0.468 e. The number of nitrogens with zero attached hydrogens (tertiary/aromatic N) is 1. The van der Waals surface area contributed by atoms with Gasteiger partial charge in [0.2, 0.25) is 0 Å². The predicted molar refractivity (Wildman–Crippen MR) is 70.0 cm³/mol. The zero-order valence-corrected chi connectivity index (χ0v) is 11.2. The van der Waals surface area contributed by atoms with E-state index in [1.54, 1.807) is 6.26 Å². The molecule has 2 heterocycles. The molecule has 0 spiro atoms. The quantitative estimate of drug-likeness (QED) is 0.871. The molecule has 0 aliphatic carbocycles. The highest BCUT2D eigenvalue weighted by molar-refractivity contribution is 5.03. The molecule has 96 valence electrons. The SMILES string of the molecule is CC(NCC1(C)CCN(C)CC1)c1ccco1. The van der Waals surface area contributed by atoms with E-state index in [0.29, 0.717) is 11.5 Å². The van der Waals surface area contributed by atoms with Crippen molar-refractivity contribution in [2.24, 2.45) is 5.41 Å². The van der Waals surface area contributed by atoms with Crippen LogP contribution in [0.1, 0.15) is 38.5 Å². The van der Waals surface area contributed by atoms with Gasteiger partial charge in [0.25, 0.3) is 0 Å². The monoisotopic (exact) mass is 236 g/mol. The second-order valence-electron chi connectivity index (χ2n) is 5.73. The molecule has 1 unspecified atom stereocenters. The number of hydrogen-bond acceptors (Lipinski definition) is 3. The van der Waals surface area contributed by atoms with Crippen LogP contribution in [-0.2, 0) is 0 Å². The molecule has 2 rings (SSSR count). The predicted octanol–water partition coefficient (Wildman–Crippen LogP) is 2.66. The Hall–Kier alpha value is -0.800. The lowest BCUT2D eigenvalue weighted by atomic mass is 9.80. The van der Waals surface area contributed by atoms with Crippen LogP contribution in [0.15, 0.2) is 22.8 Å². The van der Waals surface area contributed by atoms with E-state index < -0.39 is 0 Å². The highest BCUT2D eigenvalue weighted by Gasteiger charge is 2.29. The summed E-state index contributed by atoms with van der Waals surface area (Å²) in [5.41, 5.74) is 0.438. The molecule has 0 bridgehead atoms. The maximum Gasteiger partial charge on any atom is 0.120 e. The fourth-order valence-corrected chi connectivity index (χ4v) is 2.37. The summed E-state index contributed by atoms with van der Waals surface area (Å²) in [6, 6.07) is 4.29. The van der Waals surface area contributed by atoms with E-state index >= 15 is 0 Å². The second-order valence-corrected chi connectivity index (χ2v) is 5.73. The van der Waals surface area contributed by atoms with E-state index in [0.717, 1.165) is 12.3 Å². The summed E-state index contributed by atoms with van der Waals surface area (Å²) in [5, 5.41) is 3.60. The van der Waals surface area contributed by atoms with Crippen LogP contribution in [0.2, 0.25) is 0 Å². The zero-order valence-electron chi connectivity index (χ0n) is 11.2. The molecule has 1 N–H and O–H groups in total. The highest BCUT2D eigenvalue weighted by Crippen LogP contribution is 2.30. The molecule has 3 heteroatoms. The number of piperidine rings is 1. The summed E-state index contributed by atoms with van der Waals surface area (Å²) in [4.78, 5) is 2.41. The van der Waals surface area contributed by atoms with Crippen LogP contribution in [0.5, 0.6) is 0 Å². The molecule has 0 radical (unpaired) electrons. The van der Waals surface area contributed by atoms with Crippen molar-refractivity contribution in [1.29, 1.82) is 0 Å². The van der Waals surface area contributed by atoms with Gasteiger partial charge < -0.3 is 14.6 Å². The topological polar surface area (TPSA) is 28.4 Å². The Balaban J connectivity index is 1.81. The molecule has 3 nitrogen and oxygen atoms in total. The van der Waals surface area contributed by atoms with Gasteiger partial charge in [-0.1, -0.05) is 6.92 Å². The number of furan rings is 1. The van der Waals surface area contributed by atoms with Gasteiger partial charge in [-0.3, -0.25) is 0 Å². The molecule has 1 fully saturated rings. The lowest BCUT2D eigenvalue weighted by Crippen LogP contribution is -2.42. The van der Waals surface area contributed by atoms with Gasteiger partial charge in [-0.2, -0.15) is 0 Å². The summed E-state index contributed by atoms with van der Waals surface area (Å²) in [7, 11) is 2.21. The van der Waals surface area contributed by atoms with Crippen molar-refractivity contribution in [3.8, 4) is 0 Å². The fraction of sp³-hybridized carbons (Fsp3) is 0.714. The standard InChI is InChI=1S/C14H24N2O/c1-12(13-5-4-10-17-13)15-11-14(2)6-8-16(3)9-7-14/h4-5,10,12,15H,6-9,11H2,1-3H3. The van der Waals surface area contributed by atoms with Crippen LogP contribution in [0.3, 0.4) is 0 Å². The zero-order chi connectivity index (χ0) is 12.3. The number of rotatable bonds is 4. The molecule has 1 aliphatic heterocycles. The van der Waals surface area contributed by atoms with Gasteiger partial charge in [0.05, 0.1) is 12.3 Å². The first-order valence-electron chi connectivity index (χ1n) is 6.54.